The molecule has 0 aliphatic rings. The number of benzene rings is 2. The number of sulfonamides is 2. The molecule has 2 aromatic rings. The van der Waals surface area contributed by atoms with Gasteiger partial charge in [0.2, 0.25) is 0 Å². The fraction of sp³-hybridized carbons (Fsp3) is 0.188. The van der Waals surface area contributed by atoms with Crippen molar-refractivity contribution in [1.82, 2.24) is 4.47 Å². The van der Waals surface area contributed by atoms with Crippen LogP contribution in [0.3, 0.4) is 0 Å². The molecule has 0 radical (unpaired) electrons. The predicted molar refractivity (Wildman–Crippen MR) is 96.9 cm³/mol. The normalized spacial score (nSPS) is 12.0. The zero-order valence-corrected chi connectivity index (χ0v) is 16.7. The van der Waals surface area contributed by atoms with Gasteiger partial charge in [-0.3, -0.25) is 9.56 Å². The Balaban J connectivity index is 2.34. The summed E-state index contributed by atoms with van der Waals surface area (Å²) >= 11 is 0. The van der Waals surface area contributed by atoms with Gasteiger partial charge < -0.3 is 4.74 Å². The van der Waals surface area contributed by atoms with Gasteiger partial charge in [0.25, 0.3) is 20.0 Å². The molecule has 0 saturated heterocycles. The summed E-state index contributed by atoms with van der Waals surface area (Å²) in [5.41, 5.74) is -0.157. The Morgan fingerprint density at radius 2 is 1.64 bits per heavy atom. The lowest BCUT2D eigenvalue weighted by Crippen LogP contribution is -2.25. The van der Waals surface area contributed by atoms with Crippen molar-refractivity contribution >= 4 is 31.7 Å². The molecule has 2 aromatic carbocycles. The molecule has 0 aromatic heterocycles. The van der Waals surface area contributed by atoms with Crippen LogP contribution in [0.5, 0.6) is 0 Å². The molecule has 0 spiro atoms. The average molecular weight is 432 g/mol. The van der Waals surface area contributed by atoms with Crippen molar-refractivity contribution < 1.29 is 35.6 Å². The van der Waals surface area contributed by atoms with E-state index in [0.29, 0.717) is 4.47 Å². The van der Waals surface area contributed by atoms with E-state index in [1.54, 1.807) is 0 Å². The first-order valence-electron chi connectivity index (χ1n) is 7.56. The molecule has 12 heteroatoms. The zero-order valence-electron chi connectivity index (χ0n) is 15.0. The first-order chi connectivity index (χ1) is 13.0. The topological polar surface area (TPSA) is 119 Å². The Bertz CT molecular complexity index is 1080. The van der Waals surface area contributed by atoms with Crippen LogP contribution >= 0.6 is 0 Å². The lowest BCUT2D eigenvalue weighted by atomic mass is 10.2. The summed E-state index contributed by atoms with van der Waals surface area (Å²) in [5, 5.41) is 0. The summed E-state index contributed by atoms with van der Waals surface area (Å²) in [4.78, 5) is 15.3. The van der Waals surface area contributed by atoms with Crippen molar-refractivity contribution in [3.05, 3.63) is 53.8 Å². The van der Waals surface area contributed by atoms with Crippen molar-refractivity contribution in [1.29, 1.82) is 0 Å². The minimum Gasteiger partial charge on any atom is -0.465 e. The number of hydrogen-bond acceptors (Lipinski definition) is 7. The van der Waals surface area contributed by atoms with E-state index in [4.69, 9.17) is 0 Å². The SMILES string of the molecule is COC(=O)c1ccc(F)c(S(=O)(=O)Nc2ccc(S(=O)(=O)N(C)OC)cc2)c1. The summed E-state index contributed by atoms with van der Waals surface area (Å²) in [5.74, 6) is -1.89. The Hall–Kier alpha value is -2.54. The van der Waals surface area contributed by atoms with E-state index in [2.05, 4.69) is 14.3 Å². The first kappa shape index (κ1) is 21.8. The van der Waals surface area contributed by atoms with E-state index in [1.807, 2.05) is 0 Å². The number of hydroxylamine groups is 1. The van der Waals surface area contributed by atoms with E-state index >= 15 is 0 Å². The molecule has 0 bridgehead atoms. The largest absolute Gasteiger partial charge is 0.465 e. The molecule has 28 heavy (non-hydrogen) atoms. The van der Waals surface area contributed by atoms with Gasteiger partial charge in [0.05, 0.1) is 24.7 Å². The van der Waals surface area contributed by atoms with Gasteiger partial charge in [0.1, 0.15) is 10.7 Å². The highest BCUT2D eigenvalue weighted by Crippen LogP contribution is 2.22. The number of carbonyl (C=O) groups is 1. The van der Waals surface area contributed by atoms with Crippen molar-refractivity contribution in [3.63, 3.8) is 0 Å². The fourth-order valence-corrected chi connectivity index (χ4v) is 4.24. The number of hydrogen-bond donors (Lipinski definition) is 1. The number of rotatable bonds is 7. The molecule has 0 saturated carbocycles. The number of carbonyl (C=O) groups excluding carboxylic acids is 1. The molecular weight excluding hydrogens is 415 g/mol. The van der Waals surface area contributed by atoms with Gasteiger partial charge >= 0.3 is 5.97 Å². The van der Waals surface area contributed by atoms with Crippen LogP contribution in [0.15, 0.2) is 52.3 Å². The van der Waals surface area contributed by atoms with E-state index in [9.17, 15) is 26.0 Å². The van der Waals surface area contributed by atoms with E-state index in [-0.39, 0.29) is 16.1 Å². The number of esters is 1. The molecule has 0 amide bonds. The number of methoxy groups -OCH3 is 1. The molecule has 9 nitrogen and oxygen atoms in total. The van der Waals surface area contributed by atoms with Crippen LogP contribution in [0.25, 0.3) is 0 Å². The number of ether oxygens (including phenoxy) is 1. The lowest BCUT2D eigenvalue weighted by Gasteiger charge is -2.14. The van der Waals surface area contributed by atoms with Gasteiger partial charge in [0.15, 0.2) is 0 Å². The zero-order chi connectivity index (χ0) is 21.1. The monoisotopic (exact) mass is 432 g/mol. The van der Waals surface area contributed by atoms with Gasteiger partial charge in [-0.1, -0.05) is 4.47 Å². The third-order valence-corrected chi connectivity index (χ3v) is 6.73. The molecule has 0 unspecified atom stereocenters. The smallest absolute Gasteiger partial charge is 0.337 e. The second-order valence-electron chi connectivity index (χ2n) is 5.36. The number of nitrogens with zero attached hydrogens (tertiary/aromatic N) is 1. The lowest BCUT2D eigenvalue weighted by molar-refractivity contribution is -0.0258. The second kappa shape index (κ2) is 8.22. The summed E-state index contributed by atoms with van der Waals surface area (Å²) in [7, 11) is -4.82. The highest BCUT2D eigenvalue weighted by molar-refractivity contribution is 7.92. The van der Waals surface area contributed by atoms with Crippen molar-refractivity contribution in [3.8, 4) is 0 Å². The Kier molecular flexibility index (Phi) is 6.39. The molecular formula is C16H17FN2O7S2. The molecule has 0 atom stereocenters. The Labute approximate surface area is 161 Å². The number of nitrogens with one attached hydrogen (secondary N) is 1. The van der Waals surface area contributed by atoms with Crippen molar-refractivity contribution in [2.24, 2.45) is 0 Å². The van der Waals surface area contributed by atoms with Gasteiger partial charge in [-0.2, -0.15) is 0 Å². The summed E-state index contributed by atoms with van der Waals surface area (Å²) < 4.78 is 70.5. The van der Waals surface area contributed by atoms with E-state index < -0.39 is 36.7 Å². The minimum absolute atomic E-state index is 0.0121. The van der Waals surface area contributed by atoms with Gasteiger partial charge in [0, 0.05) is 12.7 Å². The molecule has 1 N–H and O–H groups in total. The van der Waals surface area contributed by atoms with Crippen LogP contribution in [0.4, 0.5) is 10.1 Å². The van der Waals surface area contributed by atoms with E-state index in [0.717, 1.165) is 37.4 Å². The Morgan fingerprint density at radius 1 is 1.04 bits per heavy atom. The quantitative estimate of drug-likeness (QED) is 0.521. The maximum absolute atomic E-state index is 14.0. The number of anilines is 1. The van der Waals surface area contributed by atoms with Crippen LogP contribution in [0.2, 0.25) is 0 Å². The molecule has 0 heterocycles. The third-order valence-electron chi connectivity index (χ3n) is 3.64. The molecule has 2 rings (SSSR count). The molecule has 0 aliphatic heterocycles. The van der Waals surface area contributed by atoms with Gasteiger partial charge in [-0.15, -0.1) is 0 Å². The maximum atomic E-state index is 14.0. The standard InChI is InChI=1S/C16H17FN2O7S2/c1-19(26-3)28(23,24)13-7-5-12(6-8-13)18-27(21,22)15-10-11(16(20)25-2)4-9-14(15)17/h4-10,18H,1-3H3. The number of halogens is 1. The first-order valence-corrected chi connectivity index (χ1v) is 10.5. The molecule has 0 fully saturated rings. The van der Waals surface area contributed by atoms with Crippen molar-refractivity contribution in [2.45, 2.75) is 9.79 Å². The fourth-order valence-electron chi connectivity index (χ4n) is 2.11. The van der Waals surface area contributed by atoms with Crippen LogP contribution in [-0.2, 0) is 29.6 Å². The Morgan fingerprint density at radius 3 is 2.18 bits per heavy atom. The summed E-state index contributed by atoms with van der Waals surface area (Å²) in [6, 6.07) is 7.46. The summed E-state index contributed by atoms with van der Waals surface area (Å²) in [6.45, 7) is 0. The second-order valence-corrected chi connectivity index (χ2v) is 8.95. The van der Waals surface area contributed by atoms with Crippen LogP contribution in [0, 0.1) is 5.82 Å². The van der Waals surface area contributed by atoms with Gasteiger partial charge in [-0.25, -0.2) is 26.0 Å². The van der Waals surface area contributed by atoms with E-state index in [1.165, 1.54) is 26.3 Å². The van der Waals surface area contributed by atoms with Gasteiger partial charge in [-0.05, 0) is 42.5 Å². The highest BCUT2D eigenvalue weighted by Gasteiger charge is 2.23. The van der Waals surface area contributed by atoms with Crippen LogP contribution < -0.4 is 4.72 Å². The average Bonchev–Trinajstić information content (AvgIpc) is 2.66. The maximum Gasteiger partial charge on any atom is 0.337 e. The molecule has 0 aliphatic carbocycles. The predicted octanol–water partition coefficient (Wildman–Crippen LogP) is 1.59. The highest BCUT2D eigenvalue weighted by atomic mass is 32.2. The van der Waals surface area contributed by atoms with Crippen LogP contribution in [0.1, 0.15) is 10.4 Å². The minimum atomic E-state index is -4.39. The van der Waals surface area contributed by atoms with Crippen LogP contribution in [-0.4, -0.2) is 48.5 Å². The molecule has 152 valence electrons. The summed E-state index contributed by atoms with van der Waals surface area (Å²) in [6.07, 6.45) is 0. The third kappa shape index (κ3) is 4.47. The van der Waals surface area contributed by atoms with Crippen molar-refractivity contribution in [2.75, 3.05) is 26.0 Å².